The Morgan fingerprint density at radius 1 is 1.45 bits per heavy atom. The van der Waals surface area contributed by atoms with Gasteiger partial charge in [-0.15, -0.1) is 0 Å². The number of rotatable bonds is 3. The summed E-state index contributed by atoms with van der Waals surface area (Å²) < 4.78 is 37.6. The smallest absolute Gasteiger partial charge is 0.273 e. The monoisotopic (exact) mass is 366 g/mol. The minimum Gasteiger partial charge on any atom is -0.344 e. The number of anilines is 1. The van der Waals surface area contributed by atoms with Crippen molar-refractivity contribution >= 4 is 44.8 Å². The molecule has 3 N–H and O–H groups in total. The number of aryl methyl sites for hydroxylation is 1. The summed E-state index contributed by atoms with van der Waals surface area (Å²) in [5.41, 5.74) is -0.419. The molecule has 0 bridgehead atoms. The zero-order valence-corrected chi connectivity index (χ0v) is 13.3. The topological polar surface area (TPSA) is 107 Å². The molecular formula is C11H9Cl2FN4O3S. The van der Waals surface area contributed by atoms with Crippen molar-refractivity contribution in [3.63, 3.8) is 0 Å². The predicted molar refractivity (Wildman–Crippen MR) is 79.0 cm³/mol. The fourth-order valence-electron chi connectivity index (χ4n) is 1.72. The first-order valence-electron chi connectivity index (χ1n) is 5.62. The first-order chi connectivity index (χ1) is 10.1. The van der Waals surface area contributed by atoms with Crippen LogP contribution < -0.4 is 10.5 Å². The normalized spacial score (nSPS) is 11.5. The Morgan fingerprint density at radius 3 is 2.64 bits per heavy atom. The summed E-state index contributed by atoms with van der Waals surface area (Å²) in [7, 11) is -2.70. The number of carbonyl (C=O) groups is 1. The number of nitrogens with one attached hydrogen (secondary N) is 1. The summed E-state index contributed by atoms with van der Waals surface area (Å²) in [6, 6.07) is 1.19. The highest BCUT2D eigenvalue weighted by Crippen LogP contribution is 2.27. The second-order valence-electron chi connectivity index (χ2n) is 4.23. The van der Waals surface area contributed by atoms with Gasteiger partial charge in [0.2, 0.25) is 10.0 Å². The van der Waals surface area contributed by atoms with Crippen molar-refractivity contribution in [3.8, 4) is 0 Å². The molecule has 2 aromatic heterocycles. The Bertz CT molecular complexity index is 866. The van der Waals surface area contributed by atoms with Gasteiger partial charge in [-0.25, -0.2) is 22.9 Å². The van der Waals surface area contributed by atoms with E-state index in [4.69, 9.17) is 28.3 Å². The third-order valence-electron chi connectivity index (χ3n) is 2.70. The minimum absolute atomic E-state index is 0.196. The number of halogens is 3. The Labute approximate surface area is 134 Å². The van der Waals surface area contributed by atoms with Gasteiger partial charge in [0.25, 0.3) is 5.91 Å². The van der Waals surface area contributed by atoms with Gasteiger partial charge < -0.3 is 9.88 Å². The number of aromatic nitrogens is 2. The van der Waals surface area contributed by atoms with Crippen LogP contribution in [0.3, 0.4) is 0 Å². The molecule has 7 nitrogen and oxygen atoms in total. The molecular weight excluding hydrogens is 358 g/mol. The number of sulfonamides is 1. The van der Waals surface area contributed by atoms with Crippen LogP contribution in [0.2, 0.25) is 10.2 Å². The summed E-state index contributed by atoms with van der Waals surface area (Å²) in [6.07, 6.45) is 2.28. The van der Waals surface area contributed by atoms with Crippen molar-refractivity contribution in [1.82, 2.24) is 9.55 Å². The number of pyridine rings is 1. The van der Waals surface area contributed by atoms with E-state index in [1.165, 1.54) is 19.3 Å². The largest absolute Gasteiger partial charge is 0.344 e. The lowest BCUT2D eigenvalue weighted by Gasteiger charge is -2.08. The molecule has 0 aliphatic rings. The molecule has 0 aromatic carbocycles. The van der Waals surface area contributed by atoms with Crippen molar-refractivity contribution in [2.24, 2.45) is 12.2 Å². The standard InChI is InChI=1S/C11H9Cl2FN4O3S/c1-18-4-6(22(15,20)21)7(12)9(18)11(19)17-5-2-3-16-10(13)8(5)14/h2-4H,1H3,(H2,15,20,21)(H,16,17,19). The molecule has 118 valence electrons. The van der Waals surface area contributed by atoms with Crippen molar-refractivity contribution in [3.05, 3.63) is 40.1 Å². The first-order valence-corrected chi connectivity index (χ1v) is 7.92. The van der Waals surface area contributed by atoms with Crippen LogP contribution in [0.25, 0.3) is 0 Å². The maximum atomic E-state index is 13.7. The number of hydrogen-bond donors (Lipinski definition) is 2. The van der Waals surface area contributed by atoms with Crippen LogP contribution in [-0.4, -0.2) is 23.9 Å². The lowest BCUT2D eigenvalue weighted by atomic mass is 10.3. The molecule has 2 rings (SSSR count). The van der Waals surface area contributed by atoms with Crippen LogP contribution in [-0.2, 0) is 17.1 Å². The van der Waals surface area contributed by atoms with Gasteiger partial charge in [0.1, 0.15) is 10.6 Å². The fraction of sp³-hybridized carbons (Fsp3) is 0.0909. The molecule has 0 fully saturated rings. The van der Waals surface area contributed by atoms with Crippen LogP contribution in [0.5, 0.6) is 0 Å². The van der Waals surface area contributed by atoms with Gasteiger partial charge in [-0.1, -0.05) is 23.2 Å². The van der Waals surface area contributed by atoms with Crippen molar-refractivity contribution in [1.29, 1.82) is 0 Å². The lowest BCUT2D eigenvalue weighted by Crippen LogP contribution is -2.17. The molecule has 0 atom stereocenters. The van der Waals surface area contributed by atoms with E-state index in [0.717, 1.165) is 10.8 Å². The molecule has 0 saturated carbocycles. The highest BCUT2D eigenvalue weighted by atomic mass is 35.5. The highest BCUT2D eigenvalue weighted by molar-refractivity contribution is 7.89. The zero-order valence-electron chi connectivity index (χ0n) is 11.0. The Balaban J connectivity index is 2.43. The number of hydrogen-bond acceptors (Lipinski definition) is 4. The first kappa shape index (κ1) is 16.7. The van der Waals surface area contributed by atoms with Gasteiger partial charge >= 0.3 is 0 Å². The molecule has 0 aliphatic carbocycles. The van der Waals surface area contributed by atoms with Gasteiger partial charge in [-0.3, -0.25) is 4.79 Å². The summed E-state index contributed by atoms with van der Waals surface area (Å²) in [5.74, 6) is -1.75. The van der Waals surface area contributed by atoms with E-state index in [2.05, 4.69) is 10.3 Å². The average molecular weight is 367 g/mol. The van der Waals surface area contributed by atoms with Crippen molar-refractivity contribution in [2.45, 2.75) is 4.90 Å². The SMILES string of the molecule is Cn1cc(S(N)(=O)=O)c(Cl)c1C(=O)Nc1ccnc(Cl)c1F. The van der Waals surface area contributed by atoms with Gasteiger partial charge in [0, 0.05) is 19.4 Å². The molecule has 2 aromatic rings. The van der Waals surface area contributed by atoms with Gasteiger partial charge in [-0.2, -0.15) is 0 Å². The molecule has 0 aliphatic heterocycles. The van der Waals surface area contributed by atoms with Gasteiger partial charge in [0.05, 0.1) is 10.7 Å². The van der Waals surface area contributed by atoms with E-state index in [-0.39, 0.29) is 16.4 Å². The minimum atomic E-state index is -4.09. The summed E-state index contributed by atoms with van der Waals surface area (Å²) in [5, 5.41) is 6.45. The van der Waals surface area contributed by atoms with E-state index in [0.29, 0.717) is 0 Å². The van der Waals surface area contributed by atoms with E-state index >= 15 is 0 Å². The fourth-order valence-corrected chi connectivity index (χ4v) is 3.12. The number of primary sulfonamides is 1. The second kappa shape index (κ2) is 5.84. The van der Waals surface area contributed by atoms with Crippen molar-refractivity contribution < 1.29 is 17.6 Å². The van der Waals surface area contributed by atoms with Crippen LogP contribution in [0.15, 0.2) is 23.4 Å². The molecule has 0 saturated heterocycles. The second-order valence-corrected chi connectivity index (χ2v) is 6.50. The van der Waals surface area contributed by atoms with Gasteiger partial charge in [0.15, 0.2) is 11.0 Å². The van der Waals surface area contributed by atoms with Crippen LogP contribution in [0.1, 0.15) is 10.5 Å². The molecule has 0 spiro atoms. The lowest BCUT2D eigenvalue weighted by molar-refractivity contribution is 0.101. The molecule has 22 heavy (non-hydrogen) atoms. The van der Waals surface area contributed by atoms with Crippen LogP contribution in [0, 0.1) is 5.82 Å². The Hall–Kier alpha value is -1.68. The zero-order chi connectivity index (χ0) is 16.7. The van der Waals surface area contributed by atoms with E-state index in [9.17, 15) is 17.6 Å². The number of carbonyl (C=O) groups excluding carboxylic acids is 1. The third kappa shape index (κ3) is 3.07. The molecule has 11 heteroatoms. The number of nitrogens with two attached hydrogens (primary N) is 1. The molecule has 0 radical (unpaired) electrons. The number of amides is 1. The van der Waals surface area contributed by atoms with E-state index < -0.39 is 31.8 Å². The predicted octanol–water partition coefficient (Wildman–Crippen LogP) is 1.77. The van der Waals surface area contributed by atoms with Crippen LogP contribution in [0.4, 0.5) is 10.1 Å². The van der Waals surface area contributed by atoms with Crippen LogP contribution >= 0.6 is 23.2 Å². The summed E-state index contributed by atoms with van der Waals surface area (Å²) >= 11 is 11.4. The maximum Gasteiger partial charge on any atom is 0.273 e. The Kier molecular flexibility index (Phi) is 4.43. The number of nitrogens with zero attached hydrogens (tertiary/aromatic N) is 2. The summed E-state index contributed by atoms with van der Waals surface area (Å²) in [4.78, 5) is 15.3. The third-order valence-corrected chi connectivity index (χ3v) is 4.39. The van der Waals surface area contributed by atoms with Crippen molar-refractivity contribution in [2.75, 3.05) is 5.32 Å². The Morgan fingerprint density at radius 2 is 2.09 bits per heavy atom. The quantitative estimate of drug-likeness (QED) is 0.806. The van der Waals surface area contributed by atoms with E-state index in [1.807, 2.05) is 0 Å². The summed E-state index contributed by atoms with van der Waals surface area (Å²) in [6.45, 7) is 0. The molecule has 2 heterocycles. The molecule has 0 unspecified atom stereocenters. The average Bonchev–Trinajstić information content (AvgIpc) is 2.70. The van der Waals surface area contributed by atoms with E-state index in [1.54, 1.807) is 0 Å². The highest BCUT2D eigenvalue weighted by Gasteiger charge is 2.25. The maximum absolute atomic E-state index is 13.7. The van der Waals surface area contributed by atoms with Gasteiger partial charge in [-0.05, 0) is 6.07 Å². The molecule has 1 amide bonds.